The molecule has 9 nitrogen and oxygen atoms in total. The molecule has 0 aromatic carbocycles. The standard InChI is InChI=1S/C19H21N5O2.C2HF3O2/c1-22-18(7-9-21-22)19(25)24-11-16-6-4-10-23(16)12-17(13-24)26-14-15-5-2-3-8-20-15;3-2(4,5)1(6)7/h2-10,17H,11-14H2,1H3;(H,6,7). The first-order chi connectivity index (χ1) is 15.6. The van der Waals surface area contributed by atoms with Gasteiger partial charge in [-0.2, -0.15) is 18.3 Å². The van der Waals surface area contributed by atoms with Gasteiger partial charge in [-0.25, -0.2) is 4.79 Å². The van der Waals surface area contributed by atoms with Crippen LogP contribution in [0, 0.1) is 0 Å². The Morgan fingerprint density at radius 2 is 1.91 bits per heavy atom. The molecule has 0 radical (unpaired) electrons. The van der Waals surface area contributed by atoms with Gasteiger partial charge in [0, 0.05) is 37.9 Å². The zero-order valence-corrected chi connectivity index (χ0v) is 17.6. The second-order valence-electron chi connectivity index (χ2n) is 7.23. The van der Waals surface area contributed by atoms with Crippen LogP contribution in [0.2, 0.25) is 0 Å². The third-order valence-corrected chi connectivity index (χ3v) is 4.86. The van der Waals surface area contributed by atoms with E-state index < -0.39 is 12.1 Å². The minimum absolute atomic E-state index is 0.0360. The van der Waals surface area contributed by atoms with Crippen molar-refractivity contribution in [3.63, 3.8) is 0 Å². The molecule has 1 N–H and O–H groups in total. The predicted molar refractivity (Wildman–Crippen MR) is 109 cm³/mol. The summed E-state index contributed by atoms with van der Waals surface area (Å²) in [5, 5.41) is 11.2. The highest BCUT2D eigenvalue weighted by Gasteiger charge is 2.38. The van der Waals surface area contributed by atoms with E-state index in [-0.39, 0.29) is 12.0 Å². The molecule has 0 bridgehead atoms. The number of aliphatic carboxylic acids is 1. The number of pyridine rings is 1. The molecule has 0 fully saturated rings. The maximum Gasteiger partial charge on any atom is 0.490 e. The summed E-state index contributed by atoms with van der Waals surface area (Å²) in [6.45, 7) is 2.22. The smallest absolute Gasteiger partial charge is 0.475 e. The molecular formula is C21H22F3N5O4. The average molecular weight is 465 g/mol. The Morgan fingerprint density at radius 1 is 1.15 bits per heavy atom. The number of carboxylic acid groups (broad SMARTS) is 1. The van der Waals surface area contributed by atoms with E-state index in [0.29, 0.717) is 31.9 Å². The Balaban J connectivity index is 0.000000383. The van der Waals surface area contributed by atoms with E-state index in [9.17, 15) is 18.0 Å². The van der Waals surface area contributed by atoms with Crippen LogP contribution < -0.4 is 0 Å². The predicted octanol–water partition coefficient (Wildman–Crippen LogP) is 2.49. The van der Waals surface area contributed by atoms with E-state index in [2.05, 4.69) is 14.6 Å². The summed E-state index contributed by atoms with van der Waals surface area (Å²) in [6.07, 6.45) is 0.240. The zero-order valence-electron chi connectivity index (χ0n) is 17.6. The number of halogens is 3. The highest BCUT2D eigenvalue weighted by Crippen LogP contribution is 2.18. The van der Waals surface area contributed by atoms with Gasteiger partial charge in [0.1, 0.15) is 5.69 Å². The number of hydrogen-bond acceptors (Lipinski definition) is 5. The van der Waals surface area contributed by atoms with Gasteiger partial charge in [-0.15, -0.1) is 0 Å². The van der Waals surface area contributed by atoms with Gasteiger partial charge in [-0.1, -0.05) is 6.07 Å². The maximum atomic E-state index is 13.0. The van der Waals surface area contributed by atoms with Crippen molar-refractivity contribution in [2.75, 3.05) is 6.54 Å². The van der Waals surface area contributed by atoms with Crippen LogP contribution in [0.5, 0.6) is 0 Å². The largest absolute Gasteiger partial charge is 0.490 e. The molecule has 1 amide bonds. The number of aromatic nitrogens is 4. The van der Waals surface area contributed by atoms with Crippen LogP contribution in [0.25, 0.3) is 0 Å². The van der Waals surface area contributed by atoms with Crippen LogP contribution in [-0.4, -0.2) is 60.0 Å². The number of fused-ring (bicyclic) bond motifs is 1. The number of aryl methyl sites for hydroxylation is 1. The molecule has 1 atom stereocenters. The van der Waals surface area contributed by atoms with Gasteiger partial charge in [0.2, 0.25) is 0 Å². The Morgan fingerprint density at radius 3 is 2.52 bits per heavy atom. The Kier molecular flexibility index (Phi) is 7.48. The molecule has 3 aromatic heterocycles. The molecule has 33 heavy (non-hydrogen) atoms. The fourth-order valence-electron chi connectivity index (χ4n) is 3.25. The van der Waals surface area contributed by atoms with E-state index in [1.807, 2.05) is 41.4 Å². The number of carbonyl (C=O) groups is 2. The van der Waals surface area contributed by atoms with Crippen molar-refractivity contribution in [2.24, 2.45) is 7.05 Å². The van der Waals surface area contributed by atoms with Crippen LogP contribution in [0.4, 0.5) is 13.2 Å². The first-order valence-corrected chi connectivity index (χ1v) is 9.88. The molecule has 0 saturated heterocycles. The van der Waals surface area contributed by atoms with Crippen molar-refractivity contribution in [1.29, 1.82) is 0 Å². The number of alkyl halides is 3. The third kappa shape index (κ3) is 6.42. The van der Waals surface area contributed by atoms with Crippen molar-refractivity contribution < 1.29 is 32.6 Å². The van der Waals surface area contributed by atoms with E-state index in [1.54, 1.807) is 30.2 Å². The highest BCUT2D eigenvalue weighted by molar-refractivity contribution is 5.92. The monoisotopic (exact) mass is 465 g/mol. The summed E-state index contributed by atoms with van der Waals surface area (Å²) < 4.78 is 41.6. The van der Waals surface area contributed by atoms with E-state index in [0.717, 1.165) is 11.4 Å². The number of nitrogens with zero attached hydrogens (tertiary/aromatic N) is 5. The molecule has 12 heteroatoms. The van der Waals surface area contributed by atoms with Gasteiger partial charge < -0.3 is 19.3 Å². The van der Waals surface area contributed by atoms with Gasteiger partial charge in [-0.3, -0.25) is 14.5 Å². The Hall–Kier alpha value is -3.67. The molecule has 1 unspecified atom stereocenters. The highest BCUT2D eigenvalue weighted by atomic mass is 19.4. The van der Waals surface area contributed by atoms with Crippen LogP contribution in [0.3, 0.4) is 0 Å². The van der Waals surface area contributed by atoms with Gasteiger partial charge in [0.05, 0.1) is 31.5 Å². The van der Waals surface area contributed by atoms with Gasteiger partial charge in [0.25, 0.3) is 5.91 Å². The van der Waals surface area contributed by atoms with Crippen molar-refractivity contribution >= 4 is 11.9 Å². The van der Waals surface area contributed by atoms with Crippen LogP contribution in [0.15, 0.2) is 55.0 Å². The molecule has 3 aromatic rings. The summed E-state index contributed by atoms with van der Waals surface area (Å²) in [7, 11) is 1.78. The zero-order chi connectivity index (χ0) is 24.0. The number of amides is 1. The summed E-state index contributed by atoms with van der Waals surface area (Å²) >= 11 is 0. The lowest BCUT2D eigenvalue weighted by atomic mass is 10.2. The number of carbonyl (C=O) groups excluding carboxylic acids is 1. The molecule has 4 heterocycles. The first-order valence-electron chi connectivity index (χ1n) is 9.88. The lowest BCUT2D eigenvalue weighted by Gasteiger charge is -2.24. The van der Waals surface area contributed by atoms with Crippen molar-refractivity contribution in [3.05, 3.63) is 72.1 Å². The number of ether oxygens (including phenoxy) is 1. The molecule has 0 saturated carbocycles. The summed E-state index contributed by atoms with van der Waals surface area (Å²) in [5.41, 5.74) is 2.56. The molecule has 4 rings (SSSR count). The molecule has 1 aliphatic heterocycles. The topological polar surface area (TPSA) is 102 Å². The number of hydrogen-bond donors (Lipinski definition) is 1. The average Bonchev–Trinajstić information content (AvgIpc) is 3.36. The molecule has 0 aliphatic carbocycles. The van der Waals surface area contributed by atoms with Gasteiger partial charge >= 0.3 is 12.1 Å². The Bertz CT molecular complexity index is 1080. The van der Waals surface area contributed by atoms with Crippen molar-refractivity contribution in [2.45, 2.75) is 32.0 Å². The molecule has 1 aliphatic rings. The van der Waals surface area contributed by atoms with Crippen molar-refractivity contribution in [1.82, 2.24) is 24.2 Å². The number of rotatable bonds is 4. The molecular weight excluding hydrogens is 443 g/mol. The third-order valence-electron chi connectivity index (χ3n) is 4.86. The van der Waals surface area contributed by atoms with Gasteiger partial charge in [-0.05, 0) is 30.3 Å². The van der Waals surface area contributed by atoms with Crippen LogP contribution >= 0.6 is 0 Å². The lowest BCUT2D eigenvalue weighted by Crippen LogP contribution is -2.38. The fourth-order valence-corrected chi connectivity index (χ4v) is 3.25. The Labute approximate surface area is 187 Å². The van der Waals surface area contributed by atoms with Gasteiger partial charge in [0.15, 0.2) is 0 Å². The number of carboxylic acids is 1. The van der Waals surface area contributed by atoms with E-state index in [4.69, 9.17) is 14.6 Å². The first kappa shape index (κ1) is 24.0. The SMILES string of the molecule is Cn1nccc1C(=O)N1Cc2cccn2CC(OCc2ccccn2)C1.O=C(O)C(F)(F)F. The fraction of sp³-hybridized carbons (Fsp3) is 0.333. The summed E-state index contributed by atoms with van der Waals surface area (Å²) in [6, 6.07) is 11.6. The van der Waals surface area contributed by atoms with Crippen LogP contribution in [-0.2, 0) is 36.3 Å². The molecule has 0 spiro atoms. The quantitative estimate of drug-likeness (QED) is 0.635. The van der Waals surface area contributed by atoms with Crippen LogP contribution in [0.1, 0.15) is 21.9 Å². The van der Waals surface area contributed by atoms with E-state index >= 15 is 0 Å². The summed E-state index contributed by atoms with van der Waals surface area (Å²) in [4.78, 5) is 28.0. The van der Waals surface area contributed by atoms with Crippen molar-refractivity contribution in [3.8, 4) is 0 Å². The molecule has 176 valence electrons. The minimum Gasteiger partial charge on any atom is -0.475 e. The second kappa shape index (κ2) is 10.3. The maximum absolute atomic E-state index is 13.0. The summed E-state index contributed by atoms with van der Waals surface area (Å²) in [5.74, 6) is -2.79. The van der Waals surface area contributed by atoms with E-state index in [1.165, 1.54) is 0 Å². The minimum atomic E-state index is -5.08. The normalized spacial score (nSPS) is 15.8. The lowest BCUT2D eigenvalue weighted by molar-refractivity contribution is -0.192. The second-order valence-corrected chi connectivity index (χ2v) is 7.23.